The molecule has 6 nitrogen and oxygen atoms in total. The third kappa shape index (κ3) is 5.32. The molecule has 0 radical (unpaired) electrons. The minimum Gasteiger partial charge on any atom is -0.405 e. The molecule has 2 rings (SSSR count). The molecule has 0 unspecified atom stereocenters. The van der Waals surface area contributed by atoms with Gasteiger partial charge < -0.3 is 9.96 Å². The van der Waals surface area contributed by atoms with Crippen molar-refractivity contribution in [2.24, 2.45) is 0 Å². The Balaban J connectivity index is 2.26. The fraction of sp³-hybridized carbons (Fsp3) is 0.455. The lowest BCUT2D eigenvalue weighted by Gasteiger charge is -2.44. The van der Waals surface area contributed by atoms with Crippen LogP contribution < -0.4 is 0 Å². The van der Waals surface area contributed by atoms with Gasteiger partial charge in [-0.2, -0.15) is 0 Å². The number of carbonyl (C=O) groups excluding carboxylic acids is 1. The number of nitrogens with zero attached hydrogens (tertiary/aromatic N) is 2. The Labute approximate surface area is 180 Å². The molecule has 0 atom stereocenters. The first-order valence-corrected chi connectivity index (χ1v) is 14.3. The second-order valence-electron chi connectivity index (χ2n) is 9.00. The predicted octanol–water partition coefficient (Wildman–Crippen LogP) is 4.71. The summed E-state index contributed by atoms with van der Waals surface area (Å²) in [5.41, 5.74) is 8.54. The van der Waals surface area contributed by atoms with E-state index >= 15 is 0 Å². The highest BCUT2D eigenvalue weighted by Crippen LogP contribution is 2.41. The molecule has 1 aliphatic rings. The zero-order valence-electron chi connectivity index (χ0n) is 18.3. The molecule has 8 heteroatoms. The summed E-state index contributed by atoms with van der Waals surface area (Å²) in [6, 6.07) is 7.49. The van der Waals surface area contributed by atoms with Crippen molar-refractivity contribution in [2.75, 3.05) is 0 Å². The smallest absolute Gasteiger partial charge is 0.405 e. The van der Waals surface area contributed by atoms with E-state index in [9.17, 15) is 18.7 Å². The van der Waals surface area contributed by atoms with E-state index in [2.05, 4.69) is 38.7 Å². The minimum absolute atomic E-state index is 0.0303. The normalized spacial score (nSPS) is 16.2. The monoisotopic (exact) mass is 446 g/mol. The molecule has 1 aromatic carbocycles. The number of allylic oxidation sites excluding steroid dienone is 2. The van der Waals surface area contributed by atoms with Crippen LogP contribution in [0.5, 0.6) is 0 Å². The minimum atomic E-state index is -4.20. The molecular formula is C22H30N2O4SSi. The van der Waals surface area contributed by atoms with Crippen LogP contribution in [0.25, 0.3) is 5.53 Å². The van der Waals surface area contributed by atoms with Gasteiger partial charge >= 0.3 is 5.04 Å². The van der Waals surface area contributed by atoms with Crippen molar-refractivity contribution in [3.63, 3.8) is 0 Å². The molecule has 0 N–H and O–H groups in total. The van der Waals surface area contributed by atoms with Gasteiger partial charge in [-0.15, -0.1) is 4.79 Å². The maximum absolute atomic E-state index is 12.8. The summed E-state index contributed by atoms with van der Waals surface area (Å²) < 4.78 is 32.1. The van der Waals surface area contributed by atoms with Gasteiger partial charge in [-0.05, 0) is 43.1 Å². The number of ketones is 1. The Bertz CT molecular complexity index is 987. The van der Waals surface area contributed by atoms with Crippen LogP contribution >= 0.6 is 0 Å². The number of hydrogen-bond acceptors (Lipinski definition) is 4. The van der Waals surface area contributed by atoms with Crippen LogP contribution in [-0.4, -0.2) is 38.0 Å². The summed E-state index contributed by atoms with van der Waals surface area (Å²) >= 11 is 0. The zero-order valence-corrected chi connectivity index (χ0v) is 20.1. The van der Waals surface area contributed by atoms with Gasteiger partial charge in [-0.25, -0.2) is 8.42 Å². The first-order valence-electron chi connectivity index (χ1n) is 9.96. The van der Waals surface area contributed by atoms with Crippen molar-refractivity contribution >= 4 is 29.0 Å². The number of sulfone groups is 1. The molecule has 0 aromatic heterocycles. The Kier molecular flexibility index (Phi) is 7.19. The van der Waals surface area contributed by atoms with Crippen molar-refractivity contribution in [1.82, 2.24) is 0 Å². The molecule has 1 aliphatic carbocycles. The second-order valence-corrected chi connectivity index (χ2v) is 15.6. The average molecular weight is 447 g/mol. The molecule has 0 amide bonds. The maximum atomic E-state index is 12.8. The summed E-state index contributed by atoms with van der Waals surface area (Å²) in [7, 11) is -6.37. The van der Waals surface area contributed by atoms with Gasteiger partial charge in [0.15, 0.2) is 8.32 Å². The Morgan fingerprint density at radius 2 is 1.73 bits per heavy atom. The first kappa shape index (κ1) is 24.1. The van der Waals surface area contributed by atoms with Gasteiger partial charge in [0.05, 0.1) is 10.5 Å². The van der Waals surface area contributed by atoms with E-state index < -0.39 is 34.6 Å². The standard InChI is InChI=1S/C22H30N2O4SSi/c1-21(2,3)30(4,5)28-22(15-10-7-11-16-22)17-14-19(25)20(24-23)29(26,27)18-12-8-6-9-13-18/h6,8-13,15-16H,7,14,17H2,1-5H3. The predicted molar refractivity (Wildman–Crippen MR) is 120 cm³/mol. The molecule has 0 fully saturated rings. The average Bonchev–Trinajstić information content (AvgIpc) is 2.67. The van der Waals surface area contributed by atoms with Crippen molar-refractivity contribution in [3.8, 4) is 0 Å². The van der Waals surface area contributed by atoms with Crippen molar-refractivity contribution in [2.45, 2.75) is 68.7 Å². The maximum Gasteiger partial charge on any atom is 0.451 e. The van der Waals surface area contributed by atoms with E-state index in [1.54, 1.807) is 18.2 Å². The molecule has 0 aliphatic heterocycles. The third-order valence-electron chi connectivity index (χ3n) is 5.70. The summed E-state index contributed by atoms with van der Waals surface area (Å²) in [6.45, 7) is 10.7. The highest BCUT2D eigenvalue weighted by Gasteiger charge is 2.44. The Morgan fingerprint density at radius 1 is 1.17 bits per heavy atom. The summed E-state index contributed by atoms with van der Waals surface area (Å²) in [6.07, 6.45) is 8.77. The number of carbonyl (C=O) groups is 1. The van der Waals surface area contributed by atoms with E-state index in [1.807, 2.05) is 24.3 Å². The molecule has 0 spiro atoms. The molecule has 0 saturated heterocycles. The van der Waals surface area contributed by atoms with Crippen LogP contribution in [0.3, 0.4) is 0 Å². The van der Waals surface area contributed by atoms with Gasteiger partial charge in [-0.3, -0.25) is 4.79 Å². The second kappa shape index (κ2) is 8.94. The van der Waals surface area contributed by atoms with Gasteiger partial charge in [0.1, 0.15) is 0 Å². The van der Waals surface area contributed by atoms with E-state index in [-0.39, 0.29) is 22.8 Å². The fourth-order valence-electron chi connectivity index (χ4n) is 2.97. The number of rotatable bonds is 7. The summed E-state index contributed by atoms with van der Waals surface area (Å²) in [5, 5.41) is -0.878. The largest absolute Gasteiger partial charge is 0.451 e. The lowest BCUT2D eigenvalue weighted by molar-refractivity contribution is -0.117. The topological polar surface area (TPSA) is 96.8 Å². The highest BCUT2D eigenvalue weighted by atomic mass is 32.2. The number of Topliss-reactive ketones (excluding diaryl/α,β-unsaturated/α-hetero) is 1. The number of hydrogen-bond donors (Lipinski definition) is 0. The van der Waals surface area contributed by atoms with Crippen molar-refractivity contribution < 1.29 is 22.4 Å². The molecule has 162 valence electrons. The molecule has 0 bridgehead atoms. The Morgan fingerprint density at radius 3 is 2.23 bits per heavy atom. The van der Waals surface area contributed by atoms with E-state index in [1.165, 1.54) is 12.1 Å². The van der Waals surface area contributed by atoms with Gasteiger partial charge in [0.25, 0.3) is 15.6 Å². The van der Waals surface area contributed by atoms with Gasteiger partial charge in [-0.1, -0.05) is 63.3 Å². The molecule has 0 heterocycles. The van der Waals surface area contributed by atoms with Crippen LogP contribution in [0, 0.1) is 0 Å². The quantitative estimate of drug-likeness (QED) is 0.151. The van der Waals surface area contributed by atoms with Gasteiger partial charge in [0, 0.05) is 6.42 Å². The fourth-order valence-corrected chi connectivity index (χ4v) is 5.71. The van der Waals surface area contributed by atoms with Crippen molar-refractivity contribution in [1.29, 1.82) is 0 Å². The molecule has 30 heavy (non-hydrogen) atoms. The molecule has 1 aromatic rings. The van der Waals surface area contributed by atoms with Crippen LogP contribution in [0.15, 0.2) is 59.5 Å². The third-order valence-corrected chi connectivity index (χ3v) is 11.9. The zero-order chi connectivity index (χ0) is 22.6. The van der Waals surface area contributed by atoms with Crippen molar-refractivity contribution in [3.05, 3.63) is 60.2 Å². The van der Waals surface area contributed by atoms with E-state index in [0.29, 0.717) is 0 Å². The Hall–Kier alpha value is -2.12. The summed E-state index contributed by atoms with van der Waals surface area (Å²) in [4.78, 5) is 15.5. The van der Waals surface area contributed by atoms with E-state index in [4.69, 9.17) is 4.43 Å². The highest BCUT2D eigenvalue weighted by molar-refractivity contribution is 8.08. The van der Waals surface area contributed by atoms with Crippen LogP contribution in [-0.2, 0) is 19.1 Å². The van der Waals surface area contributed by atoms with E-state index in [0.717, 1.165) is 6.42 Å². The lowest BCUT2D eigenvalue weighted by atomic mass is 9.92. The van der Waals surface area contributed by atoms with Gasteiger partial charge in [0.2, 0.25) is 0 Å². The number of benzene rings is 1. The van der Waals surface area contributed by atoms with Crippen LogP contribution in [0.2, 0.25) is 18.1 Å². The van der Waals surface area contributed by atoms with Crippen LogP contribution in [0.1, 0.15) is 40.0 Å². The lowest BCUT2D eigenvalue weighted by Crippen LogP contribution is -2.49. The van der Waals surface area contributed by atoms with Crippen LogP contribution in [0.4, 0.5) is 0 Å². The SMILES string of the molecule is CC(C)(C)[Si](C)(C)OC1(CCC(=O)C(=[N+]=[N-])S(=O)(=O)c2ccccc2)C=CCC=C1. The molecular weight excluding hydrogens is 416 g/mol. The summed E-state index contributed by atoms with van der Waals surface area (Å²) in [5.74, 6) is -0.744. The first-order chi connectivity index (χ1) is 13.8. The molecule has 0 saturated carbocycles.